The quantitative estimate of drug-likeness (QED) is 0.111. The second kappa shape index (κ2) is 10.2. The van der Waals surface area contributed by atoms with Gasteiger partial charge in [0.15, 0.2) is 10.8 Å². The van der Waals surface area contributed by atoms with Gasteiger partial charge in [0.25, 0.3) is 17.6 Å². The van der Waals surface area contributed by atoms with Crippen molar-refractivity contribution in [1.82, 2.24) is 34.8 Å². The summed E-state index contributed by atoms with van der Waals surface area (Å²) < 4.78 is 1.49. The summed E-state index contributed by atoms with van der Waals surface area (Å²) in [6, 6.07) is 0.649. The van der Waals surface area contributed by atoms with Crippen molar-refractivity contribution in [3.63, 3.8) is 0 Å². The number of nitrogen functional groups attached to an aromatic ring is 1. The van der Waals surface area contributed by atoms with Crippen molar-refractivity contribution in [3.05, 3.63) is 39.9 Å². The molecule has 0 unspecified atom stereocenters. The first-order valence-corrected chi connectivity index (χ1v) is 13.6. The summed E-state index contributed by atoms with van der Waals surface area (Å²) in [6.45, 7) is 0. The second-order valence-corrected chi connectivity index (χ2v) is 10.9. The molecule has 5 rings (SSSR count). The third kappa shape index (κ3) is 4.70. The number of carboxylic acid groups (broad SMARTS) is 1. The molecule has 0 aliphatic carbocycles. The molecule has 1 fully saturated rings. The smallest absolute Gasteiger partial charge is 0.352 e. The molecule has 14 nitrogen and oxygen atoms in total. The summed E-state index contributed by atoms with van der Waals surface area (Å²) in [7, 11) is 1.27. The molecule has 3 aromatic rings. The number of hydrogen-bond donors (Lipinski definition) is 3. The van der Waals surface area contributed by atoms with Crippen molar-refractivity contribution in [2.24, 2.45) is 5.16 Å². The van der Waals surface area contributed by atoms with E-state index in [0.29, 0.717) is 22.1 Å². The Morgan fingerprint density at radius 1 is 1.43 bits per heavy atom. The van der Waals surface area contributed by atoms with Crippen LogP contribution in [0.15, 0.2) is 39.2 Å². The van der Waals surface area contributed by atoms with E-state index in [4.69, 9.17) is 22.2 Å². The first kappa shape index (κ1) is 25.2. The molecule has 192 valence electrons. The van der Waals surface area contributed by atoms with Gasteiger partial charge in [-0.1, -0.05) is 16.8 Å². The van der Waals surface area contributed by atoms with E-state index in [0.717, 1.165) is 11.3 Å². The maximum atomic E-state index is 13.0. The van der Waals surface area contributed by atoms with Gasteiger partial charge in [0.05, 0.1) is 0 Å². The lowest BCUT2D eigenvalue weighted by atomic mass is 10.0. The molecule has 0 radical (unpaired) electrons. The highest BCUT2D eigenvalue weighted by atomic mass is 35.5. The lowest BCUT2D eigenvalue weighted by Crippen LogP contribution is -2.71. The standard InChI is InChI=1S/C19H16ClN9O5S3/c1-34-27-11(8-5-37-18(21)24-8)14(30)26-12-15(31)28-13(17(32)33)7(4-36-16(12)28)3-35-10-2-9(20)25-19-22-6-23-29(10)19/h2,5-6,12,16H,3-4H2,1H3,(H2,21,24)(H,26,30)(H,32,33)/t12-,16-/m1/s1. The number of carboxylic acids is 1. The maximum absolute atomic E-state index is 13.0. The van der Waals surface area contributed by atoms with Gasteiger partial charge in [0.2, 0.25) is 0 Å². The third-order valence-electron chi connectivity index (χ3n) is 5.28. The number of thioether (sulfide) groups is 2. The van der Waals surface area contributed by atoms with E-state index < -0.39 is 29.2 Å². The molecule has 0 spiro atoms. The summed E-state index contributed by atoms with van der Waals surface area (Å²) in [6.07, 6.45) is 1.34. The number of fused-ring (bicyclic) bond motifs is 2. The normalized spacial score (nSPS) is 19.6. The van der Waals surface area contributed by atoms with E-state index in [-0.39, 0.29) is 33.1 Å². The van der Waals surface area contributed by atoms with Crippen LogP contribution in [0.4, 0.5) is 5.13 Å². The second-order valence-electron chi connectivity index (χ2n) is 7.49. The van der Waals surface area contributed by atoms with Gasteiger partial charge in [0.1, 0.15) is 46.4 Å². The molecular weight excluding hydrogens is 566 g/mol. The Bertz CT molecular complexity index is 1490. The predicted molar refractivity (Wildman–Crippen MR) is 136 cm³/mol. The number of nitrogens with zero attached hydrogens (tertiary/aromatic N) is 7. The van der Waals surface area contributed by atoms with Gasteiger partial charge in [-0.25, -0.2) is 9.78 Å². The lowest BCUT2D eigenvalue weighted by Gasteiger charge is -2.49. The van der Waals surface area contributed by atoms with Gasteiger partial charge in [-0.2, -0.15) is 19.6 Å². The number of aromatic nitrogens is 5. The number of carbonyl (C=O) groups excluding carboxylic acids is 2. The average molecular weight is 582 g/mol. The molecule has 3 aromatic heterocycles. The van der Waals surface area contributed by atoms with E-state index in [2.05, 4.69) is 30.5 Å². The van der Waals surface area contributed by atoms with Crippen LogP contribution in [0.5, 0.6) is 0 Å². The highest BCUT2D eigenvalue weighted by Crippen LogP contribution is 2.41. The molecule has 4 N–H and O–H groups in total. The number of amides is 2. The van der Waals surface area contributed by atoms with Crippen molar-refractivity contribution in [2.45, 2.75) is 16.4 Å². The number of thiazole rings is 1. The highest BCUT2D eigenvalue weighted by Gasteiger charge is 2.54. The molecule has 0 bridgehead atoms. The maximum Gasteiger partial charge on any atom is 0.352 e. The molecule has 2 amide bonds. The van der Waals surface area contributed by atoms with E-state index >= 15 is 0 Å². The summed E-state index contributed by atoms with van der Waals surface area (Å²) in [5.41, 5.74) is 6.12. The van der Waals surface area contributed by atoms with Crippen LogP contribution in [0.25, 0.3) is 5.78 Å². The minimum atomic E-state index is -1.24. The van der Waals surface area contributed by atoms with Crippen LogP contribution in [0, 0.1) is 0 Å². The molecule has 2 atom stereocenters. The van der Waals surface area contributed by atoms with Crippen LogP contribution in [-0.4, -0.2) is 88.1 Å². The zero-order valence-electron chi connectivity index (χ0n) is 18.7. The van der Waals surface area contributed by atoms with Gasteiger partial charge >= 0.3 is 5.97 Å². The van der Waals surface area contributed by atoms with Gasteiger partial charge < -0.3 is 21.0 Å². The molecule has 0 saturated carbocycles. The Morgan fingerprint density at radius 2 is 2.24 bits per heavy atom. The summed E-state index contributed by atoms with van der Waals surface area (Å²) in [5.74, 6) is -1.58. The van der Waals surface area contributed by atoms with Crippen molar-refractivity contribution < 1.29 is 24.3 Å². The van der Waals surface area contributed by atoms with Crippen LogP contribution in [0.3, 0.4) is 0 Å². The number of oxime groups is 1. The number of anilines is 1. The largest absolute Gasteiger partial charge is 0.477 e. The molecule has 18 heteroatoms. The Kier molecular flexibility index (Phi) is 6.93. The lowest BCUT2D eigenvalue weighted by molar-refractivity contribution is -0.150. The fourth-order valence-electron chi connectivity index (χ4n) is 3.72. The first-order valence-electron chi connectivity index (χ1n) is 10.3. The van der Waals surface area contributed by atoms with Gasteiger partial charge in [0, 0.05) is 23.0 Å². The van der Waals surface area contributed by atoms with Crippen molar-refractivity contribution in [2.75, 3.05) is 24.3 Å². The fraction of sp³-hybridized carbons (Fsp3) is 0.263. The number of β-lactam (4-membered cyclic amide) rings is 1. The fourth-order valence-corrected chi connectivity index (χ4v) is 6.99. The zero-order valence-corrected chi connectivity index (χ0v) is 21.9. The van der Waals surface area contributed by atoms with Gasteiger partial charge in [-0.15, -0.1) is 34.9 Å². The van der Waals surface area contributed by atoms with Gasteiger partial charge in [-0.3, -0.25) is 14.5 Å². The van der Waals surface area contributed by atoms with E-state index in [1.54, 1.807) is 6.07 Å². The molecule has 1 saturated heterocycles. The number of halogens is 1. The first-order chi connectivity index (χ1) is 17.8. The van der Waals surface area contributed by atoms with Crippen LogP contribution < -0.4 is 11.1 Å². The van der Waals surface area contributed by atoms with Crippen molar-refractivity contribution in [1.29, 1.82) is 0 Å². The number of nitrogens with two attached hydrogens (primary N) is 1. The number of nitrogens with one attached hydrogen (secondary N) is 1. The highest BCUT2D eigenvalue weighted by molar-refractivity contribution is 8.01. The van der Waals surface area contributed by atoms with Crippen LogP contribution in [0.2, 0.25) is 5.15 Å². The summed E-state index contributed by atoms with van der Waals surface area (Å²) in [5, 5.41) is 22.4. The number of rotatable bonds is 8. The van der Waals surface area contributed by atoms with Crippen LogP contribution in [-0.2, 0) is 19.2 Å². The number of carbonyl (C=O) groups is 3. The Morgan fingerprint density at radius 3 is 2.95 bits per heavy atom. The Labute approximate surface area is 225 Å². The Hall–Kier alpha value is -3.41. The molecule has 2 aliphatic rings. The van der Waals surface area contributed by atoms with Crippen LogP contribution >= 0.6 is 46.5 Å². The number of aliphatic carboxylic acids is 1. The molecular formula is C19H16ClN9O5S3. The summed E-state index contributed by atoms with van der Waals surface area (Å²) in [4.78, 5) is 56.1. The average Bonchev–Trinajstić information content (AvgIpc) is 3.52. The van der Waals surface area contributed by atoms with Gasteiger partial charge in [-0.05, 0) is 5.57 Å². The SMILES string of the molecule is CON=C(C(=O)N[C@@H]1C(=O)N2C(C(=O)O)=C(CSc3cc(Cl)nc4ncnn34)CS[C@H]12)c1csc(N)n1. The number of hydrogen-bond acceptors (Lipinski definition) is 13. The minimum Gasteiger partial charge on any atom is -0.477 e. The zero-order chi connectivity index (χ0) is 26.3. The Balaban J connectivity index is 1.33. The van der Waals surface area contributed by atoms with Crippen molar-refractivity contribution in [3.8, 4) is 0 Å². The summed E-state index contributed by atoms with van der Waals surface area (Å²) >= 11 is 9.82. The monoisotopic (exact) mass is 581 g/mol. The minimum absolute atomic E-state index is 0.111. The van der Waals surface area contributed by atoms with Crippen LogP contribution in [0.1, 0.15) is 5.69 Å². The molecule has 2 aliphatic heterocycles. The van der Waals surface area contributed by atoms with E-state index in [9.17, 15) is 19.5 Å². The van der Waals surface area contributed by atoms with Crippen molar-refractivity contribution >= 4 is 80.9 Å². The molecule has 37 heavy (non-hydrogen) atoms. The third-order valence-corrected chi connectivity index (χ3v) is 8.57. The van der Waals surface area contributed by atoms with E-state index in [1.807, 2.05) is 0 Å². The topological polar surface area (TPSA) is 190 Å². The predicted octanol–water partition coefficient (Wildman–Crippen LogP) is 0.698. The molecule has 5 heterocycles. The molecule has 0 aromatic carbocycles. The van der Waals surface area contributed by atoms with E-state index in [1.165, 1.54) is 51.8 Å².